The Morgan fingerprint density at radius 1 is 0.743 bits per heavy atom. The monoisotopic (exact) mass is 468 g/mol. The number of hydrogen-bond donors (Lipinski definition) is 1. The summed E-state index contributed by atoms with van der Waals surface area (Å²) in [5, 5.41) is 30.1. The first-order valence-electron chi connectivity index (χ1n) is 10.2. The lowest BCUT2D eigenvalue weighted by Crippen LogP contribution is -2.06. The van der Waals surface area contributed by atoms with E-state index in [4.69, 9.17) is 24.7 Å². The van der Waals surface area contributed by atoms with Gasteiger partial charge in [-0.15, -0.1) is 0 Å². The van der Waals surface area contributed by atoms with Gasteiger partial charge in [-0.3, -0.25) is 0 Å². The highest BCUT2D eigenvalue weighted by Crippen LogP contribution is 2.33. The molecule has 4 aromatic rings. The first-order chi connectivity index (χ1) is 16.9. The van der Waals surface area contributed by atoms with Gasteiger partial charge in [-0.25, -0.2) is 9.59 Å². The summed E-state index contributed by atoms with van der Waals surface area (Å²) in [6.07, 6.45) is 0. The Balaban J connectivity index is 0.000000196. The molecule has 0 aromatic heterocycles. The standard InChI is InChI=1S/C14H11NO3.C13H9NO3/c1-17-13-10(8-15)7-9-5-3-4-6-11(9)12(13)14(16)18-2;1-17-12-9(7-14)6-8-4-2-3-5-10(8)11(12)13(15)16/h3-7H,1-2H3;2-6H,1H3,(H,15,16). The van der Waals surface area contributed by atoms with Crippen LogP contribution in [0.4, 0.5) is 0 Å². The molecule has 0 aliphatic carbocycles. The molecule has 1 N–H and O–H groups in total. The molecule has 8 heteroatoms. The molecule has 35 heavy (non-hydrogen) atoms. The highest BCUT2D eigenvalue weighted by molar-refractivity contribution is 6.08. The summed E-state index contributed by atoms with van der Waals surface area (Å²) < 4.78 is 15.0. The van der Waals surface area contributed by atoms with Crippen molar-refractivity contribution in [3.63, 3.8) is 0 Å². The van der Waals surface area contributed by atoms with Crippen molar-refractivity contribution in [2.45, 2.75) is 0 Å². The Labute approximate surface area is 201 Å². The summed E-state index contributed by atoms with van der Waals surface area (Å²) in [7, 11) is 4.09. The Morgan fingerprint density at radius 3 is 1.57 bits per heavy atom. The number of nitrogens with zero attached hydrogens (tertiary/aromatic N) is 2. The second-order valence-corrected chi connectivity index (χ2v) is 7.13. The first-order valence-corrected chi connectivity index (χ1v) is 10.2. The van der Waals surface area contributed by atoms with Gasteiger partial charge in [0.1, 0.15) is 23.3 Å². The van der Waals surface area contributed by atoms with E-state index in [1.165, 1.54) is 21.3 Å². The molecule has 0 bridgehead atoms. The maximum absolute atomic E-state index is 11.9. The minimum atomic E-state index is -1.10. The van der Waals surface area contributed by atoms with Crippen LogP contribution in [0.5, 0.6) is 11.5 Å². The predicted molar refractivity (Wildman–Crippen MR) is 129 cm³/mol. The lowest BCUT2D eigenvalue weighted by Gasteiger charge is -2.11. The fourth-order valence-corrected chi connectivity index (χ4v) is 3.76. The van der Waals surface area contributed by atoms with Gasteiger partial charge in [-0.05, 0) is 22.9 Å². The number of rotatable bonds is 4. The highest BCUT2D eigenvalue weighted by Gasteiger charge is 2.21. The lowest BCUT2D eigenvalue weighted by molar-refractivity contribution is 0.0598. The minimum absolute atomic E-state index is 0.0298. The molecule has 174 valence electrons. The van der Waals surface area contributed by atoms with Crippen LogP contribution in [0.3, 0.4) is 0 Å². The van der Waals surface area contributed by atoms with Gasteiger partial charge in [-0.1, -0.05) is 48.5 Å². The zero-order valence-corrected chi connectivity index (χ0v) is 19.2. The highest BCUT2D eigenvalue weighted by atomic mass is 16.5. The van der Waals surface area contributed by atoms with Gasteiger partial charge >= 0.3 is 11.9 Å². The third kappa shape index (κ3) is 4.68. The number of carbonyl (C=O) groups is 2. The van der Waals surface area contributed by atoms with Crippen molar-refractivity contribution < 1.29 is 28.9 Å². The largest absolute Gasteiger partial charge is 0.494 e. The smallest absolute Gasteiger partial charge is 0.342 e. The van der Waals surface area contributed by atoms with E-state index in [1.807, 2.05) is 30.3 Å². The zero-order chi connectivity index (χ0) is 25.5. The second kappa shape index (κ2) is 10.7. The number of benzene rings is 4. The number of carboxylic acid groups (broad SMARTS) is 1. The number of hydrogen-bond acceptors (Lipinski definition) is 7. The Morgan fingerprint density at radius 2 is 1.17 bits per heavy atom. The Kier molecular flexibility index (Phi) is 7.50. The number of fused-ring (bicyclic) bond motifs is 2. The van der Waals surface area contributed by atoms with E-state index in [0.29, 0.717) is 21.7 Å². The first kappa shape index (κ1) is 24.6. The van der Waals surface area contributed by atoms with E-state index in [9.17, 15) is 14.7 Å². The molecule has 0 saturated carbocycles. The fourth-order valence-electron chi connectivity index (χ4n) is 3.76. The minimum Gasteiger partial charge on any atom is -0.494 e. The van der Waals surface area contributed by atoms with Crippen LogP contribution in [0, 0.1) is 22.7 Å². The normalized spacial score (nSPS) is 9.86. The SMILES string of the molecule is COC(=O)c1c(OC)c(C#N)cc2ccccc12.COc1c(C#N)cc2ccccc2c1C(=O)O. The van der Waals surface area contributed by atoms with Crippen molar-refractivity contribution in [2.24, 2.45) is 0 Å². The van der Waals surface area contributed by atoms with Gasteiger partial charge in [0.15, 0.2) is 11.5 Å². The van der Waals surface area contributed by atoms with Crippen molar-refractivity contribution in [2.75, 3.05) is 21.3 Å². The lowest BCUT2D eigenvalue weighted by atomic mass is 9.99. The van der Waals surface area contributed by atoms with E-state index < -0.39 is 11.9 Å². The van der Waals surface area contributed by atoms with E-state index in [-0.39, 0.29) is 28.2 Å². The fraction of sp³-hybridized carbons (Fsp3) is 0.111. The summed E-state index contributed by atoms with van der Waals surface area (Å²) in [5.74, 6) is -1.25. The number of aromatic carboxylic acids is 1. The quantitative estimate of drug-likeness (QED) is 0.418. The molecule has 4 aromatic carbocycles. The van der Waals surface area contributed by atoms with E-state index in [0.717, 1.165) is 5.39 Å². The van der Waals surface area contributed by atoms with Crippen molar-refractivity contribution in [1.82, 2.24) is 0 Å². The van der Waals surface area contributed by atoms with Crippen LogP contribution in [-0.4, -0.2) is 38.4 Å². The molecule has 0 saturated heterocycles. The van der Waals surface area contributed by atoms with Crippen LogP contribution >= 0.6 is 0 Å². The average Bonchev–Trinajstić information content (AvgIpc) is 2.90. The Bertz CT molecular complexity index is 1530. The van der Waals surface area contributed by atoms with Crippen LogP contribution in [0.25, 0.3) is 21.5 Å². The molecule has 0 radical (unpaired) electrons. The molecule has 0 fully saturated rings. The van der Waals surface area contributed by atoms with Crippen LogP contribution in [0.15, 0.2) is 60.7 Å². The summed E-state index contributed by atoms with van der Waals surface area (Å²) >= 11 is 0. The van der Waals surface area contributed by atoms with Crippen LogP contribution in [0.1, 0.15) is 31.8 Å². The number of esters is 1. The molecular weight excluding hydrogens is 448 g/mol. The van der Waals surface area contributed by atoms with Crippen molar-refractivity contribution in [3.8, 4) is 23.6 Å². The van der Waals surface area contributed by atoms with Crippen molar-refractivity contribution in [1.29, 1.82) is 10.5 Å². The maximum Gasteiger partial charge on any atom is 0.342 e. The summed E-state index contributed by atoms with van der Waals surface area (Å²) in [5.41, 5.74) is 0.858. The number of ether oxygens (including phenoxy) is 3. The van der Waals surface area contributed by atoms with Gasteiger partial charge in [0.05, 0.1) is 32.5 Å². The van der Waals surface area contributed by atoms with Crippen LogP contribution < -0.4 is 9.47 Å². The molecular formula is C27H20N2O6. The van der Waals surface area contributed by atoms with Crippen molar-refractivity contribution in [3.05, 3.63) is 82.9 Å². The van der Waals surface area contributed by atoms with Gasteiger partial charge in [0.25, 0.3) is 0 Å². The number of carboxylic acids is 1. The van der Waals surface area contributed by atoms with E-state index >= 15 is 0 Å². The van der Waals surface area contributed by atoms with E-state index in [2.05, 4.69) is 0 Å². The summed E-state index contributed by atoms with van der Waals surface area (Å²) in [4.78, 5) is 23.1. The Hall–Kier alpha value is -5.08. The van der Waals surface area contributed by atoms with Gasteiger partial charge in [-0.2, -0.15) is 10.5 Å². The molecule has 0 spiro atoms. The molecule has 4 rings (SSSR count). The molecule has 0 aliphatic rings. The number of nitriles is 2. The van der Waals surface area contributed by atoms with Gasteiger partial charge in [0.2, 0.25) is 0 Å². The van der Waals surface area contributed by atoms with Gasteiger partial charge < -0.3 is 19.3 Å². The molecule has 0 aliphatic heterocycles. The second-order valence-electron chi connectivity index (χ2n) is 7.13. The third-order valence-electron chi connectivity index (χ3n) is 5.26. The molecule has 0 atom stereocenters. The predicted octanol–water partition coefficient (Wildman–Crippen LogP) is 4.92. The summed E-state index contributed by atoms with van der Waals surface area (Å²) in [6.45, 7) is 0. The third-order valence-corrected chi connectivity index (χ3v) is 5.26. The van der Waals surface area contributed by atoms with Gasteiger partial charge in [0, 0.05) is 10.8 Å². The van der Waals surface area contributed by atoms with Crippen LogP contribution in [0.2, 0.25) is 0 Å². The zero-order valence-electron chi connectivity index (χ0n) is 19.2. The van der Waals surface area contributed by atoms with E-state index in [1.54, 1.807) is 42.5 Å². The van der Waals surface area contributed by atoms with Crippen LogP contribution in [-0.2, 0) is 4.74 Å². The number of methoxy groups -OCH3 is 3. The average molecular weight is 468 g/mol. The molecule has 0 amide bonds. The number of carbonyl (C=O) groups excluding carboxylic acids is 1. The molecule has 0 heterocycles. The topological polar surface area (TPSA) is 130 Å². The molecule has 8 nitrogen and oxygen atoms in total. The molecule has 0 unspecified atom stereocenters. The summed E-state index contributed by atoms with van der Waals surface area (Å²) in [6, 6.07) is 21.6. The van der Waals surface area contributed by atoms with Crippen molar-refractivity contribution >= 4 is 33.5 Å². The maximum atomic E-state index is 11.9.